The monoisotopic (exact) mass is 232 g/mol. The molecule has 4 nitrogen and oxygen atoms in total. The van der Waals surface area contributed by atoms with E-state index in [-0.39, 0.29) is 6.10 Å². The highest BCUT2D eigenvalue weighted by Crippen LogP contribution is 2.10. The van der Waals surface area contributed by atoms with Crippen LogP contribution in [0.25, 0.3) is 0 Å². The molecule has 2 atom stereocenters. The SMILES string of the molecule is CCCCCCC(OOC(C)CC)C(=O)O. The third-order valence-corrected chi connectivity index (χ3v) is 2.51. The second kappa shape index (κ2) is 9.60. The summed E-state index contributed by atoms with van der Waals surface area (Å²) in [5, 5.41) is 8.91. The van der Waals surface area contributed by atoms with Crippen LogP contribution in [-0.4, -0.2) is 23.3 Å². The highest BCUT2D eigenvalue weighted by Gasteiger charge is 2.19. The van der Waals surface area contributed by atoms with Gasteiger partial charge in [-0.05, 0) is 19.8 Å². The number of carbonyl (C=O) groups is 1. The van der Waals surface area contributed by atoms with Crippen molar-refractivity contribution >= 4 is 5.97 Å². The van der Waals surface area contributed by atoms with Gasteiger partial charge in [-0.15, -0.1) is 0 Å². The minimum atomic E-state index is -0.945. The van der Waals surface area contributed by atoms with E-state index in [1.807, 2.05) is 13.8 Å². The van der Waals surface area contributed by atoms with Crippen molar-refractivity contribution < 1.29 is 19.7 Å². The van der Waals surface area contributed by atoms with Gasteiger partial charge in [-0.3, -0.25) is 0 Å². The summed E-state index contributed by atoms with van der Waals surface area (Å²) in [4.78, 5) is 20.8. The van der Waals surface area contributed by atoms with Crippen molar-refractivity contribution in [2.45, 2.75) is 71.5 Å². The van der Waals surface area contributed by atoms with E-state index in [2.05, 4.69) is 6.92 Å². The van der Waals surface area contributed by atoms with Gasteiger partial charge in [0.15, 0.2) is 6.10 Å². The minimum absolute atomic E-state index is 0.0579. The number of rotatable bonds is 10. The molecule has 0 heterocycles. The summed E-state index contributed by atoms with van der Waals surface area (Å²) in [6.07, 6.45) is 4.64. The first-order valence-electron chi connectivity index (χ1n) is 6.16. The third kappa shape index (κ3) is 7.65. The molecular weight excluding hydrogens is 208 g/mol. The normalized spacial score (nSPS) is 14.7. The fourth-order valence-electron chi connectivity index (χ4n) is 1.20. The molecule has 4 heteroatoms. The fraction of sp³-hybridized carbons (Fsp3) is 0.917. The van der Waals surface area contributed by atoms with Crippen LogP contribution in [-0.2, 0) is 14.6 Å². The van der Waals surface area contributed by atoms with E-state index in [0.29, 0.717) is 6.42 Å². The Hall–Kier alpha value is -0.610. The molecule has 0 fully saturated rings. The highest BCUT2D eigenvalue weighted by atomic mass is 17.2. The maximum absolute atomic E-state index is 10.9. The lowest BCUT2D eigenvalue weighted by Crippen LogP contribution is -2.26. The van der Waals surface area contributed by atoms with Crippen molar-refractivity contribution in [1.82, 2.24) is 0 Å². The second-order valence-corrected chi connectivity index (χ2v) is 4.09. The Morgan fingerprint density at radius 3 is 2.38 bits per heavy atom. The maximum Gasteiger partial charge on any atom is 0.336 e. The van der Waals surface area contributed by atoms with Crippen molar-refractivity contribution in [2.24, 2.45) is 0 Å². The lowest BCUT2D eigenvalue weighted by atomic mass is 10.1. The Balaban J connectivity index is 3.75. The smallest absolute Gasteiger partial charge is 0.336 e. The van der Waals surface area contributed by atoms with Crippen LogP contribution in [0.1, 0.15) is 59.3 Å². The van der Waals surface area contributed by atoms with Crippen molar-refractivity contribution in [3.05, 3.63) is 0 Å². The highest BCUT2D eigenvalue weighted by molar-refractivity contribution is 5.72. The van der Waals surface area contributed by atoms with E-state index in [9.17, 15) is 4.79 Å². The van der Waals surface area contributed by atoms with E-state index >= 15 is 0 Å². The average molecular weight is 232 g/mol. The molecule has 1 N–H and O–H groups in total. The summed E-state index contributed by atoms with van der Waals surface area (Å²) in [5.74, 6) is -0.945. The fourth-order valence-corrected chi connectivity index (χ4v) is 1.20. The van der Waals surface area contributed by atoms with Crippen LogP contribution in [0, 0.1) is 0 Å². The summed E-state index contributed by atoms with van der Waals surface area (Å²) in [7, 11) is 0. The lowest BCUT2D eigenvalue weighted by molar-refractivity contribution is -0.343. The molecule has 0 radical (unpaired) electrons. The van der Waals surface area contributed by atoms with Crippen LogP contribution >= 0.6 is 0 Å². The Morgan fingerprint density at radius 2 is 1.88 bits per heavy atom. The number of carboxylic acid groups (broad SMARTS) is 1. The van der Waals surface area contributed by atoms with Gasteiger partial charge in [0.1, 0.15) is 0 Å². The van der Waals surface area contributed by atoms with Crippen LogP contribution < -0.4 is 0 Å². The summed E-state index contributed by atoms with van der Waals surface area (Å²) >= 11 is 0. The molecule has 0 saturated heterocycles. The van der Waals surface area contributed by atoms with E-state index in [4.69, 9.17) is 14.9 Å². The molecule has 0 saturated carbocycles. The van der Waals surface area contributed by atoms with Gasteiger partial charge in [-0.2, -0.15) is 0 Å². The van der Waals surface area contributed by atoms with E-state index in [1.54, 1.807) is 0 Å². The molecular formula is C12H24O4. The summed E-state index contributed by atoms with van der Waals surface area (Å²) in [5.41, 5.74) is 0. The second-order valence-electron chi connectivity index (χ2n) is 4.09. The predicted molar refractivity (Wildman–Crippen MR) is 62.1 cm³/mol. The number of unbranched alkanes of at least 4 members (excludes halogenated alkanes) is 3. The number of aliphatic carboxylic acids is 1. The molecule has 0 rings (SSSR count). The van der Waals surface area contributed by atoms with Gasteiger partial charge in [-0.25, -0.2) is 14.6 Å². The zero-order chi connectivity index (χ0) is 12.4. The van der Waals surface area contributed by atoms with Gasteiger partial charge >= 0.3 is 5.97 Å². The van der Waals surface area contributed by atoms with Gasteiger partial charge in [0.05, 0.1) is 6.10 Å². The van der Waals surface area contributed by atoms with Crippen LogP contribution in [0.2, 0.25) is 0 Å². The molecule has 0 aromatic rings. The Kier molecular flexibility index (Phi) is 9.24. The van der Waals surface area contributed by atoms with Crippen molar-refractivity contribution in [3.63, 3.8) is 0 Å². The first-order chi connectivity index (χ1) is 7.61. The van der Waals surface area contributed by atoms with Crippen molar-refractivity contribution in [1.29, 1.82) is 0 Å². The summed E-state index contributed by atoms with van der Waals surface area (Å²) < 4.78 is 0. The molecule has 0 bridgehead atoms. The first-order valence-corrected chi connectivity index (χ1v) is 6.16. The van der Waals surface area contributed by atoms with E-state index in [1.165, 1.54) is 0 Å². The quantitative estimate of drug-likeness (QED) is 0.357. The van der Waals surface area contributed by atoms with Gasteiger partial charge < -0.3 is 5.11 Å². The largest absolute Gasteiger partial charge is 0.479 e. The van der Waals surface area contributed by atoms with Crippen LogP contribution in [0.3, 0.4) is 0 Å². The topological polar surface area (TPSA) is 55.8 Å². The zero-order valence-electron chi connectivity index (χ0n) is 10.6. The predicted octanol–water partition coefficient (Wildman–Crippen LogP) is 3.16. The van der Waals surface area contributed by atoms with Gasteiger partial charge in [0.25, 0.3) is 0 Å². The Morgan fingerprint density at radius 1 is 1.19 bits per heavy atom. The molecule has 0 aliphatic heterocycles. The minimum Gasteiger partial charge on any atom is -0.479 e. The lowest BCUT2D eigenvalue weighted by Gasteiger charge is -2.15. The van der Waals surface area contributed by atoms with Crippen molar-refractivity contribution in [3.8, 4) is 0 Å². The van der Waals surface area contributed by atoms with Crippen LogP contribution in [0.5, 0.6) is 0 Å². The van der Waals surface area contributed by atoms with Crippen molar-refractivity contribution in [2.75, 3.05) is 0 Å². The molecule has 16 heavy (non-hydrogen) atoms. The summed E-state index contributed by atoms with van der Waals surface area (Å²) in [6, 6.07) is 0. The molecule has 2 unspecified atom stereocenters. The van der Waals surface area contributed by atoms with Crippen LogP contribution in [0.4, 0.5) is 0 Å². The number of hydrogen-bond acceptors (Lipinski definition) is 3. The molecule has 0 amide bonds. The Bertz CT molecular complexity index is 182. The molecule has 0 aromatic carbocycles. The molecule has 0 aromatic heterocycles. The Labute approximate surface area is 97.9 Å². The molecule has 0 aliphatic carbocycles. The number of carboxylic acids is 1. The van der Waals surface area contributed by atoms with E-state index in [0.717, 1.165) is 32.1 Å². The first kappa shape index (κ1) is 15.4. The maximum atomic E-state index is 10.9. The van der Waals surface area contributed by atoms with Crippen LogP contribution in [0.15, 0.2) is 0 Å². The molecule has 0 aliphatic rings. The van der Waals surface area contributed by atoms with Gasteiger partial charge in [0, 0.05) is 0 Å². The summed E-state index contributed by atoms with van der Waals surface area (Å²) in [6.45, 7) is 5.94. The third-order valence-electron chi connectivity index (χ3n) is 2.51. The number of hydrogen-bond donors (Lipinski definition) is 1. The van der Waals surface area contributed by atoms with Gasteiger partial charge in [-0.1, -0.05) is 39.5 Å². The zero-order valence-corrected chi connectivity index (χ0v) is 10.6. The molecule has 96 valence electrons. The molecule has 0 spiro atoms. The van der Waals surface area contributed by atoms with Gasteiger partial charge in [0.2, 0.25) is 0 Å². The van der Waals surface area contributed by atoms with E-state index < -0.39 is 12.1 Å². The standard InChI is InChI=1S/C12H24O4/c1-4-6-7-8-9-11(12(13)14)16-15-10(3)5-2/h10-11H,4-9H2,1-3H3,(H,13,14). The average Bonchev–Trinajstić information content (AvgIpc) is 2.27.